The summed E-state index contributed by atoms with van der Waals surface area (Å²) in [7, 11) is 1.32. The molecule has 12 heteroatoms. The fraction of sp³-hybridized carbons (Fsp3) is 0.444. The van der Waals surface area contributed by atoms with Gasteiger partial charge in [0, 0.05) is 42.0 Å². The minimum atomic E-state index is -2.24. The molecule has 0 aromatic heterocycles. The lowest BCUT2D eigenvalue weighted by Crippen LogP contribution is -2.53. The molecule has 6 atom stereocenters. The van der Waals surface area contributed by atoms with Crippen molar-refractivity contribution in [3.8, 4) is 17.2 Å². The summed E-state index contributed by atoms with van der Waals surface area (Å²) in [5.41, 5.74) is 2.37. The highest BCUT2D eigenvalue weighted by Gasteiger charge is 2.50. The highest BCUT2D eigenvalue weighted by molar-refractivity contribution is 6.31. The molecule has 12 nitrogen and oxygen atoms in total. The fourth-order valence-electron chi connectivity index (χ4n) is 5.75. The average molecular weight is 544 g/mol. The molecule has 0 unspecified atom stereocenters. The van der Waals surface area contributed by atoms with Crippen LogP contribution in [-0.2, 0) is 20.7 Å². The normalized spacial score (nSPS) is 29.8. The maximum absolute atomic E-state index is 13.6. The molecule has 0 amide bonds. The second kappa shape index (κ2) is 9.66. The first kappa shape index (κ1) is 27.2. The van der Waals surface area contributed by atoms with E-state index in [9.17, 15) is 39.9 Å². The van der Waals surface area contributed by atoms with Gasteiger partial charge in [-0.3, -0.25) is 14.4 Å². The molecule has 2 aromatic carbocycles. The molecule has 0 bridgehead atoms. The van der Waals surface area contributed by atoms with Crippen molar-refractivity contribution in [3.05, 3.63) is 51.6 Å². The molecule has 1 aliphatic heterocycles. The highest BCUT2D eigenvalue weighted by Crippen LogP contribution is 2.52. The number of fused-ring (bicyclic) bond motifs is 3. The number of carbonyl (C=O) groups is 3. The van der Waals surface area contributed by atoms with Crippen molar-refractivity contribution in [2.75, 3.05) is 13.7 Å². The zero-order chi connectivity index (χ0) is 28.4. The molecular formula is C27H29NO11. The van der Waals surface area contributed by atoms with Gasteiger partial charge in [0.15, 0.2) is 17.9 Å². The Morgan fingerprint density at radius 3 is 2.49 bits per heavy atom. The number of methoxy groups -OCH3 is 1. The van der Waals surface area contributed by atoms with Gasteiger partial charge in [-0.15, -0.1) is 0 Å². The molecule has 1 fully saturated rings. The smallest absolute Gasteiger partial charge is 0.202 e. The molecule has 5 rings (SSSR count). The molecule has 7 N–H and O–H groups in total. The number of ketones is 3. The number of ether oxygens (including phenoxy) is 3. The van der Waals surface area contributed by atoms with E-state index in [4.69, 9.17) is 19.9 Å². The van der Waals surface area contributed by atoms with Crippen molar-refractivity contribution in [1.29, 1.82) is 0 Å². The lowest BCUT2D eigenvalue weighted by molar-refractivity contribution is -0.247. The minimum absolute atomic E-state index is 0.0173. The molecule has 0 saturated carbocycles. The summed E-state index contributed by atoms with van der Waals surface area (Å²) in [5, 5.41) is 53.7. The molecular weight excluding hydrogens is 514 g/mol. The third-order valence-corrected chi connectivity index (χ3v) is 7.81. The van der Waals surface area contributed by atoms with E-state index < -0.39 is 95.7 Å². The summed E-state index contributed by atoms with van der Waals surface area (Å²) >= 11 is 0. The second-order valence-corrected chi connectivity index (χ2v) is 10.2. The van der Waals surface area contributed by atoms with E-state index in [1.165, 1.54) is 25.3 Å². The summed E-state index contributed by atoms with van der Waals surface area (Å²) in [5.74, 6) is -3.77. The van der Waals surface area contributed by atoms with Gasteiger partial charge in [0.25, 0.3) is 0 Å². The summed E-state index contributed by atoms with van der Waals surface area (Å²) in [4.78, 5) is 39.7. The van der Waals surface area contributed by atoms with Crippen LogP contribution in [0.4, 0.5) is 0 Å². The number of hydrogen-bond donors (Lipinski definition) is 6. The van der Waals surface area contributed by atoms with Crippen LogP contribution in [0.3, 0.4) is 0 Å². The van der Waals surface area contributed by atoms with E-state index in [2.05, 4.69) is 0 Å². The Balaban J connectivity index is 1.69. The minimum Gasteiger partial charge on any atom is -0.507 e. The number of phenolic OH excluding ortho intramolecular Hbond substituents is 2. The SMILES string of the molecule is COc1cccc2c1C(=O)c1c(O)c3c(c(O)c1C2=O)C[C@@](O)(C(=O)CO)C[C@H]3O[C@H]1C[C@H](N)[C@H](O)[C@H](C)O1. The zero-order valence-corrected chi connectivity index (χ0v) is 21.2. The predicted octanol–water partition coefficient (Wildman–Crippen LogP) is 0.00130. The fourth-order valence-corrected chi connectivity index (χ4v) is 5.75. The van der Waals surface area contributed by atoms with Gasteiger partial charge in [-0.05, 0) is 13.0 Å². The first-order valence-corrected chi connectivity index (χ1v) is 12.4. The lowest BCUT2D eigenvalue weighted by atomic mass is 9.72. The molecule has 1 heterocycles. The quantitative estimate of drug-likeness (QED) is 0.235. The molecule has 208 valence electrons. The van der Waals surface area contributed by atoms with Crippen LogP contribution in [0.15, 0.2) is 18.2 Å². The van der Waals surface area contributed by atoms with Crippen molar-refractivity contribution in [1.82, 2.24) is 0 Å². The Morgan fingerprint density at radius 2 is 1.85 bits per heavy atom. The third kappa shape index (κ3) is 4.11. The number of aliphatic hydroxyl groups excluding tert-OH is 2. The van der Waals surface area contributed by atoms with Crippen LogP contribution in [0.1, 0.15) is 68.8 Å². The van der Waals surface area contributed by atoms with Crippen molar-refractivity contribution in [2.45, 2.75) is 62.4 Å². The number of benzene rings is 2. The van der Waals surface area contributed by atoms with Gasteiger partial charge in [0.1, 0.15) is 29.5 Å². The van der Waals surface area contributed by atoms with Crippen LogP contribution in [-0.4, -0.2) is 86.7 Å². The number of carbonyl (C=O) groups excluding carboxylic acids is 3. The van der Waals surface area contributed by atoms with Crippen molar-refractivity contribution >= 4 is 17.3 Å². The standard InChI is InChI=1S/C27H29NO11/c1-10-22(31)13(28)6-17(38-10)39-15-8-27(36,16(30)9-29)7-12-19(15)26(35)21-20(24(12)33)23(32)11-4-3-5-14(37-2)18(11)25(21)34/h3-5,10,13,15,17,22,29,31,33,35-36H,6-9,28H2,1-2H3/t10-,13-,15+,17-,22+,27-/m0/s1. The van der Waals surface area contributed by atoms with Crippen LogP contribution in [0.25, 0.3) is 0 Å². The van der Waals surface area contributed by atoms with Gasteiger partial charge in [-0.2, -0.15) is 0 Å². The van der Waals surface area contributed by atoms with Gasteiger partial charge >= 0.3 is 0 Å². The number of aliphatic hydroxyl groups is 3. The van der Waals surface area contributed by atoms with Crippen LogP contribution in [0.5, 0.6) is 17.2 Å². The van der Waals surface area contributed by atoms with Crippen molar-refractivity contribution < 1.29 is 54.1 Å². The Hall–Kier alpha value is -3.39. The van der Waals surface area contributed by atoms with E-state index in [1.807, 2.05) is 0 Å². The number of Topliss-reactive ketones (excluding diaryl/α,β-unsaturated/α-hetero) is 1. The van der Waals surface area contributed by atoms with Crippen LogP contribution >= 0.6 is 0 Å². The molecule has 39 heavy (non-hydrogen) atoms. The highest BCUT2D eigenvalue weighted by atomic mass is 16.7. The third-order valence-electron chi connectivity index (χ3n) is 7.81. The first-order valence-electron chi connectivity index (χ1n) is 12.4. The second-order valence-electron chi connectivity index (χ2n) is 10.2. The molecule has 0 radical (unpaired) electrons. The summed E-state index contributed by atoms with van der Waals surface area (Å²) in [6.45, 7) is 0.560. The van der Waals surface area contributed by atoms with Gasteiger partial charge in [0.05, 0.1) is 42.1 Å². The van der Waals surface area contributed by atoms with E-state index in [0.717, 1.165) is 0 Å². The number of phenols is 2. The number of hydrogen-bond acceptors (Lipinski definition) is 12. The first-order chi connectivity index (χ1) is 18.4. The van der Waals surface area contributed by atoms with E-state index in [-0.39, 0.29) is 34.4 Å². The van der Waals surface area contributed by atoms with Crippen molar-refractivity contribution in [3.63, 3.8) is 0 Å². The van der Waals surface area contributed by atoms with E-state index in [0.29, 0.717) is 0 Å². The number of aromatic hydroxyl groups is 2. The average Bonchev–Trinajstić information content (AvgIpc) is 2.90. The van der Waals surface area contributed by atoms with E-state index >= 15 is 0 Å². The maximum atomic E-state index is 13.6. The maximum Gasteiger partial charge on any atom is 0.202 e. The van der Waals surface area contributed by atoms with Crippen LogP contribution < -0.4 is 10.5 Å². The van der Waals surface area contributed by atoms with Gasteiger partial charge in [-0.1, -0.05) is 12.1 Å². The Morgan fingerprint density at radius 1 is 1.15 bits per heavy atom. The van der Waals surface area contributed by atoms with Crippen LogP contribution in [0, 0.1) is 0 Å². The monoisotopic (exact) mass is 543 g/mol. The molecule has 0 spiro atoms. The number of nitrogens with two attached hydrogens (primary N) is 1. The Bertz CT molecular complexity index is 1380. The van der Waals surface area contributed by atoms with Gasteiger partial charge in [-0.25, -0.2) is 0 Å². The summed E-state index contributed by atoms with van der Waals surface area (Å²) < 4.78 is 17.0. The van der Waals surface area contributed by atoms with Crippen molar-refractivity contribution in [2.24, 2.45) is 5.73 Å². The Kier molecular flexibility index (Phi) is 6.74. The molecule has 2 aliphatic carbocycles. The summed E-state index contributed by atoms with van der Waals surface area (Å²) in [6.07, 6.45) is -5.12. The zero-order valence-electron chi connectivity index (χ0n) is 21.2. The van der Waals surface area contributed by atoms with Gasteiger partial charge < -0.3 is 45.5 Å². The van der Waals surface area contributed by atoms with E-state index in [1.54, 1.807) is 6.92 Å². The molecule has 3 aliphatic rings. The topological polar surface area (TPSA) is 206 Å². The van der Waals surface area contributed by atoms with Gasteiger partial charge in [0.2, 0.25) is 5.78 Å². The predicted molar refractivity (Wildman–Crippen MR) is 132 cm³/mol. The summed E-state index contributed by atoms with van der Waals surface area (Å²) in [6, 6.07) is 3.64. The Labute approximate surface area is 222 Å². The lowest BCUT2D eigenvalue weighted by Gasteiger charge is -2.42. The number of rotatable bonds is 5. The van der Waals surface area contributed by atoms with Crippen LogP contribution in [0.2, 0.25) is 0 Å². The molecule has 1 saturated heterocycles. The largest absolute Gasteiger partial charge is 0.507 e. The molecule has 2 aromatic rings.